The minimum atomic E-state index is -0.0956. The van der Waals surface area contributed by atoms with Crippen LogP contribution in [0.5, 0.6) is 17.2 Å². The zero-order chi connectivity index (χ0) is 25.5. The molecule has 1 saturated heterocycles. The summed E-state index contributed by atoms with van der Waals surface area (Å²) in [5.41, 5.74) is 2.95. The van der Waals surface area contributed by atoms with Crippen molar-refractivity contribution >= 4 is 11.8 Å². The lowest BCUT2D eigenvalue weighted by molar-refractivity contribution is -0.138. The highest BCUT2D eigenvalue weighted by molar-refractivity contribution is 5.94. The molecule has 36 heavy (non-hydrogen) atoms. The van der Waals surface area contributed by atoms with Gasteiger partial charge in [-0.3, -0.25) is 9.59 Å². The Kier molecular flexibility index (Phi) is 8.70. The molecule has 2 amide bonds. The largest absolute Gasteiger partial charge is 0.494 e. The second-order valence-electron chi connectivity index (χ2n) is 9.34. The van der Waals surface area contributed by atoms with E-state index in [0.717, 1.165) is 62.5 Å². The van der Waals surface area contributed by atoms with Crippen molar-refractivity contribution < 1.29 is 23.8 Å². The Morgan fingerprint density at radius 2 is 1.75 bits per heavy atom. The maximum atomic E-state index is 13.4. The molecule has 194 valence electrons. The Hall–Kier alpha value is -3.26. The van der Waals surface area contributed by atoms with E-state index < -0.39 is 0 Å². The zero-order valence-corrected chi connectivity index (χ0v) is 21.5. The third-order valence-electron chi connectivity index (χ3n) is 7.03. The number of carbonyl (C=O) groups is 2. The number of rotatable bonds is 9. The third kappa shape index (κ3) is 6.10. The van der Waals surface area contributed by atoms with E-state index in [9.17, 15) is 9.59 Å². The van der Waals surface area contributed by atoms with E-state index in [0.29, 0.717) is 31.0 Å². The fourth-order valence-corrected chi connectivity index (χ4v) is 5.09. The van der Waals surface area contributed by atoms with Gasteiger partial charge in [-0.25, -0.2) is 0 Å². The number of carbonyl (C=O) groups excluding carboxylic acids is 2. The molecule has 0 bridgehead atoms. The average Bonchev–Trinajstić information content (AvgIpc) is 2.92. The standard InChI is InChI=1S/C28H37N3O5/c1-4-36-24-9-7-20(8-10-24)27(32)29-12-15-30-13-5-6-22(18-30)28(33)31-14-11-21-16-25(34-2)26(35-3)17-23(21)19-31/h7-10,16-17,22H,4-6,11-15,18-19H2,1-3H3,(H,29,32). The van der Waals surface area contributed by atoms with E-state index in [4.69, 9.17) is 14.2 Å². The van der Waals surface area contributed by atoms with Gasteiger partial charge in [0.15, 0.2) is 11.5 Å². The Balaban J connectivity index is 1.27. The number of piperidine rings is 1. The van der Waals surface area contributed by atoms with Crippen LogP contribution in [0.3, 0.4) is 0 Å². The van der Waals surface area contributed by atoms with Gasteiger partial charge in [0.2, 0.25) is 5.91 Å². The van der Waals surface area contributed by atoms with Crippen LogP contribution < -0.4 is 19.5 Å². The lowest BCUT2D eigenvalue weighted by atomic mass is 9.93. The lowest BCUT2D eigenvalue weighted by Crippen LogP contribution is -2.47. The Morgan fingerprint density at radius 1 is 1.03 bits per heavy atom. The molecular formula is C28H37N3O5. The highest BCUT2D eigenvalue weighted by Gasteiger charge is 2.31. The number of hydrogen-bond donors (Lipinski definition) is 1. The molecular weight excluding hydrogens is 458 g/mol. The van der Waals surface area contributed by atoms with Crippen molar-refractivity contribution in [3.8, 4) is 17.2 Å². The summed E-state index contributed by atoms with van der Waals surface area (Å²) in [4.78, 5) is 30.1. The van der Waals surface area contributed by atoms with E-state index in [1.807, 2.05) is 36.1 Å². The first-order chi connectivity index (χ1) is 17.5. The summed E-state index contributed by atoms with van der Waals surface area (Å²) >= 11 is 0. The first kappa shape index (κ1) is 25.8. The lowest BCUT2D eigenvalue weighted by Gasteiger charge is -2.37. The van der Waals surface area contributed by atoms with Gasteiger partial charge in [0, 0.05) is 38.3 Å². The van der Waals surface area contributed by atoms with Crippen LogP contribution in [0.15, 0.2) is 36.4 Å². The summed E-state index contributed by atoms with van der Waals surface area (Å²) in [5.74, 6) is 2.30. The van der Waals surface area contributed by atoms with Gasteiger partial charge >= 0.3 is 0 Å². The van der Waals surface area contributed by atoms with Crippen molar-refractivity contribution in [2.24, 2.45) is 5.92 Å². The molecule has 2 aromatic rings. The number of likely N-dealkylation sites (tertiary alicyclic amines) is 1. The van der Waals surface area contributed by atoms with Crippen LogP contribution in [-0.2, 0) is 17.8 Å². The molecule has 1 fully saturated rings. The van der Waals surface area contributed by atoms with Crippen molar-refractivity contribution in [3.05, 3.63) is 53.1 Å². The number of fused-ring (bicyclic) bond motifs is 1. The summed E-state index contributed by atoms with van der Waals surface area (Å²) in [5, 5.41) is 3.00. The number of hydrogen-bond acceptors (Lipinski definition) is 6. The fraction of sp³-hybridized carbons (Fsp3) is 0.500. The zero-order valence-electron chi connectivity index (χ0n) is 21.5. The van der Waals surface area contributed by atoms with Crippen molar-refractivity contribution in [1.29, 1.82) is 0 Å². The highest BCUT2D eigenvalue weighted by atomic mass is 16.5. The number of benzene rings is 2. The number of ether oxygens (including phenoxy) is 3. The first-order valence-electron chi connectivity index (χ1n) is 12.8. The molecule has 8 nitrogen and oxygen atoms in total. The van der Waals surface area contributed by atoms with Gasteiger partial charge in [0.1, 0.15) is 5.75 Å². The highest BCUT2D eigenvalue weighted by Crippen LogP contribution is 2.34. The summed E-state index contributed by atoms with van der Waals surface area (Å²) in [6, 6.07) is 11.2. The van der Waals surface area contributed by atoms with Crippen molar-refractivity contribution in [3.63, 3.8) is 0 Å². The second kappa shape index (κ2) is 12.1. The molecule has 2 heterocycles. The molecule has 2 aliphatic rings. The average molecular weight is 496 g/mol. The molecule has 0 spiro atoms. The van der Waals surface area contributed by atoms with Gasteiger partial charge in [-0.2, -0.15) is 0 Å². The predicted octanol–water partition coefficient (Wildman–Crippen LogP) is 3.13. The molecule has 8 heteroatoms. The van der Waals surface area contributed by atoms with Crippen molar-refractivity contribution in [2.45, 2.75) is 32.7 Å². The van der Waals surface area contributed by atoms with Crippen LogP contribution in [0.2, 0.25) is 0 Å². The van der Waals surface area contributed by atoms with Gasteiger partial charge in [-0.15, -0.1) is 0 Å². The fourth-order valence-electron chi connectivity index (χ4n) is 5.09. The summed E-state index contributed by atoms with van der Waals surface area (Å²) in [6.45, 7) is 6.80. The topological polar surface area (TPSA) is 80.3 Å². The minimum absolute atomic E-state index is 0.0118. The van der Waals surface area contributed by atoms with Crippen molar-refractivity contribution in [2.75, 3.05) is 53.6 Å². The number of nitrogens with one attached hydrogen (secondary N) is 1. The molecule has 2 aromatic carbocycles. The van der Waals surface area contributed by atoms with Crippen LogP contribution >= 0.6 is 0 Å². The molecule has 0 saturated carbocycles. The SMILES string of the molecule is CCOc1ccc(C(=O)NCCN2CCCC(C(=O)N3CCc4cc(OC)c(OC)cc4C3)C2)cc1. The van der Waals surface area contributed by atoms with Gasteiger partial charge in [-0.05, 0) is 80.3 Å². The number of amides is 2. The van der Waals surface area contributed by atoms with E-state index in [-0.39, 0.29) is 17.7 Å². The molecule has 1 N–H and O–H groups in total. The van der Waals surface area contributed by atoms with Gasteiger partial charge in [0.25, 0.3) is 5.91 Å². The van der Waals surface area contributed by atoms with Crippen LogP contribution in [0.1, 0.15) is 41.3 Å². The summed E-state index contributed by atoms with van der Waals surface area (Å²) in [7, 11) is 3.27. The predicted molar refractivity (Wildman–Crippen MR) is 138 cm³/mol. The van der Waals surface area contributed by atoms with E-state index in [1.54, 1.807) is 26.4 Å². The minimum Gasteiger partial charge on any atom is -0.494 e. The Bertz CT molecular complexity index is 1060. The van der Waals surface area contributed by atoms with E-state index in [1.165, 1.54) is 5.56 Å². The van der Waals surface area contributed by atoms with Gasteiger partial charge in [-0.1, -0.05) is 0 Å². The molecule has 0 aromatic heterocycles. The van der Waals surface area contributed by atoms with Crippen LogP contribution in [0.4, 0.5) is 0 Å². The Labute approximate surface area is 213 Å². The second-order valence-corrected chi connectivity index (χ2v) is 9.34. The van der Waals surface area contributed by atoms with Gasteiger partial charge < -0.3 is 29.3 Å². The smallest absolute Gasteiger partial charge is 0.251 e. The molecule has 0 radical (unpaired) electrons. The normalized spacial score (nSPS) is 17.8. The Morgan fingerprint density at radius 3 is 2.44 bits per heavy atom. The molecule has 0 aliphatic carbocycles. The summed E-state index contributed by atoms with van der Waals surface area (Å²) < 4.78 is 16.3. The molecule has 1 atom stereocenters. The van der Waals surface area contributed by atoms with Crippen molar-refractivity contribution in [1.82, 2.24) is 15.1 Å². The first-order valence-corrected chi connectivity index (χ1v) is 12.8. The number of methoxy groups -OCH3 is 2. The van der Waals surface area contributed by atoms with Crippen LogP contribution in [-0.4, -0.2) is 75.2 Å². The summed E-state index contributed by atoms with van der Waals surface area (Å²) in [6.07, 6.45) is 2.71. The quantitative estimate of drug-likeness (QED) is 0.576. The third-order valence-corrected chi connectivity index (χ3v) is 7.03. The molecule has 4 rings (SSSR count). The van der Waals surface area contributed by atoms with Gasteiger partial charge in [0.05, 0.1) is 26.7 Å². The van der Waals surface area contributed by atoms with Crippen LogP contribution in [0.25, 0.3) is 0 Å². The molecule has 2 aliphatic heterocycles. The van der Waals surface area contributed by atoms with Crippen LogP contribution in [0, 0.1) is 5.92 Å². The molecule has 1 unspecified atom stereocenters. The maximum absolute atomic E-state index is 13.4. The van der Waals surface area contributed by atoms with E-state index in [2.05, 4.69) is 10.2 Å². The number of nitrogens with zero attached hydrogens (tertiary/aromatic N) is 2. The monoisotopic (exact) mass is 495 g/mol. The maximum Gasteiger partial charge on any atom is 0.251 e. The van der Waals surface area contributed by atoms with E-state index >= 15 is 0 Å².